The summed E-state index contributed by atoms with van der Waals surface area (Å²) in [6.07, 6.45) is 1.25. The van der Waals surface area contributed by atoms with Gasteiger partial charge >= 0.3 is 5.97 Å². The van der Waals surface area contributed by atoms with E-state index < -0.39 is 22.7 Å². The molecule has 1 aliphatic heterocycles. The fraction of sp³-hybridized carbons (Fsp3) is 0. The molecule has 12 heteroatoms. The van der Waals surface area contributed by atoms with Crippen LogP contribution >= 0.6 is 28.1 Å². The fourth-order valence-electron chi connectivity index (χ4n) is 3.18. The van der Waals surface area contributed by atoms with Gasteiger partial charge in [0.05, 0.1) is 16.2 Å². The Morgan fingerprint density at radius 3 is 2.47 bits per heavy atom. The minimum absolute atomic E-state index is 0.0273. The zero-order valence-corrected chi connectivity index (χ0v) is 19.3. The molecule has 0 unspecified atom stereocenters. The number of hydrogen-bond donors (Lipinski definition) is 2. The number of nitro groups is 1. The van der Waals surface area contributed by atoms with Crippen LogP contribution in [0.15, 0.2) is 69.1 Å². The monoisotopic (exact) mass is 541 g/mol. The lowest BCUT2D eigenvalue weighted by Crippen LogP contribution is -2.54. The molecule has 10 nitrogen and oxygen atoms in total. The molecule has 0 spiro atoms. The Bertz CT molecular complexity index is 1410. The summed E-state index contributed by atoms with van der Waals surface area (Å²) in [5.41, 5.74) is 0.498. The van der Waals surface area contributed by atoms with E-state index in [1.54, 1.807) is 6.07 Å². The van der Waals surface area contributed by atoms with Crippen molar-refractivity contribution in [3.05, 3.63) is 86.1 Å². The molecule has 4 rings (SSSR count). The summed E-state index contributed by atoms with van der Waals surface area (Å²) < 4.78 is 6.17. The van der Waals surface area contributed by atoms with E-state index >= 15 is 0 Å². The SMILES string of the molecule is O=C1NC(=S)N(c2ccc(C(=O)O)cc2)C(=O)/C1=C\c1ccc(-c2ccc([N+](=O)[O-])cc2Br)o1. The van der Waals surface area contributed by atoms with Crippen LogP contribution in [0.4, 0.5) is 11.4 Å². The van der Waals surface area contributed by atoms with Crippen LogP contribution < -0.4 is 10.2 Å². The molecular formula is C22H12BrN3O7S. The molecule has 0 aliphatic carbocycles. The summed E-state index contributed by atoms with van der Waals surface area (Å²) in [5, 5.41) is 22.3. The van der Waals surface area contributed by atoms with E-state index in [0.29, 0.717) is 15.8 Å². The number of carbonyl (C=O) groups excluding carboxylic acids is 2. The Morgan fingerprint density at radius 1 is 1.15 bits per heavy atom. The molecule has 1 fully saturated rings. The zero-order chi connectivity index (χ0) is 24.6. The smallest absolute Gasteiger partial charge is 0.335 e. The number of amides is 2. The average Bonchev–Trinajstić information content (AvgIpc) is 3.25. The third-order valence-corrected chi connectivity index (χ3v) is 5.76. The van der Waals surface area contributed by atoms with Crippen molar-refractivity contribution in [3.8, 4) is 11.3 Å². The van der Waals surface area contributed by atoms with Crippen LogP contribution in [0.3, 0.4) is 0 Å². The molecule has 1 aromatic heterocycles. The number of carboxylic acids is 1. The van der Waals surface area contributed by atoms with E-state index in [9.17, 15) is 24.5 Å². The van der Waals surface area contributed by atoms with Gasteiger partial charge in [-0.3, -0.25) is 29.9 Å². The van der Waals surface area contributed by atoms with Gasteiger partial charge in [-0.15, -0.1) is 0 Å². The first kappa shape index (κ1) is 23.0. The van der Waals surface area contributed by atoms with Crippen molar-refractivity contribution in [2.45, 2.75) is 0 Å². The molecule has 2 aromatic carbocycles. The van der Waals surface area contributed by atoms with Crippen molar-refractivity contribution in [1.82, 2.24) is 5.32 Å². The van der Waals surface area contributed by atoms with Crippen LogP contribution in [0.2, 0.25) is 0 Å². The molecule has 0 bridgehead atoms. The van der Waals surface area contributed by atoms with Crippen LogP contribution in [-0.2, 0) is 9.59 Å². The van der Waals surface area contributed by atoms with E-state index in [4.69, 9.17) is 21.7 Å². The maximum atomic E-state index is 13.1. The minimum atomic E-state index is -1.12. The number of aromatic carboxylic acids is 1. The average molecular weight is 542 g/mol. The molecule has 3 aromatic rings. The van der Waals surface area contributed by atoms with Gasteiger partial charge in [0.1, 0.15) is 17.1 Å². The number of carboxylic acid groups (broad SMARTS) is 1. The Hall–Kier alpha value is -4.16. The van der Waals surface area contributed by atoms with Gasteiger partial charge in [-0.2, -0.15) is 0 Å². The Morgan fingerprint density at radius 2 is 1.85 bits per heavy atom. The summed E-state index contributed by atoms with van der Waals surface area (Å²) in [6, 6.07) is 12.7. The highest BCUT2D eigenvalue weighted by Gasteiger charge is 2.34. The number of halogens is 1. The van der Waals surface area contributed by atoms with E-state index in [-0.39, 0.29) is 33.4 Å². The number of carbonyl (C=O) groups is 3. The predicted molar refractivity (Wildman–Crippen MR) is 128 cm³/mol. The lowest BCUT2D eigenvalue weighted by atomic mass is 10.1. The van der Waals surface area contributed by atoms with Gasteiger partial charge in [0.2, 0.25) is 0 Å². The summed E-state index contributed by atoms with van der Waals surface area (Å²) in [7, 11) is 0. The van der Waals surface area contributed by atoms with Gasteiger partial charge in [-0.25, -0.2) is 4.79 Å². The van der Waals surface area contributed by atoms with E-state index in [2.05, 4.69) is 21.2 Å². The lowest BCUT2D eigenvalue weighted by molar-refractivity contribution is -0.384. The largest absolute Gasteiger partial charge is 0.478 e. The van der Waals surface area contributed by atoms with Gasteiger partial charge < -0.3 is 9.52 Å². The first-order valence-electron chi connectivity index (χ1n) is 9.44. The fourth-order valence-corrected chi connectivity index (χ4v) is 4.02. The normalized spacial score (nSPS) is 14.9. The quantitative estimate of drug-likeness (QED) is 0.161. The molecule has 170 valence electrons. The number of nitrogens with one attached hydrogen (secondary N) is 1. The number of thiocarbonyl (C=S) groups is 1. The number of non-ortho nitro benzene ring substituents is 1. The third kappa shape index (κ3) is 4.36. The van der Waals surface area contributed by atoms with Crippen LogP contribution in [-0.4, -0.2) is 32.9 Å². The summed E-state index contributed by atoms with van der Waals surface area (Å²) >= 11 is 8.41. The topological polar surface area (TPSA) is 143 Å². The van der Waals surface area contributed by atoms with Crippen LogP contribution in [0, 0.1) is 10.1 Å². The number of nitrogens with zero attached hydrogens (tertiary/aromatic N) is 2. The Balaban J connectivity index is 1.65. The van der Waals surface area contributed by atoms with Crippen molar-refractivity contribution in [2.75, 3.05) is 4.90 Å². The van der Waals surface area contributed by atoms with Crippen molar-refractivity contribution in [2.24, 2.45) is 0 Å². The van der Waals surface area contributed by atoms with E-state index in [1.807, 2.05) is 0 Å². The third-order valence-electron chi connectivity index (χ3n) is 4.82. The molecule has 1 saturated heterocycles. The van der Waals surface area contributed by atoms with Gasteiger partial charge in [0.25, 0.3) is 17.5 Å². The van der Waals surface area contributed by atoms with Gasteiger partial charge in [-0.05, 0) is 76.7 Å². The van der Waals surface area contributed by atoms with E-state index in [1.165, 1.54) is 54.6 Å². The highest BCUT2D eigenvalue weighted by Crippen LogP contribution is 2.33. The maximum Gasteiger partial charge on any atom is 0.335 e. The number of anilines is 1. The minimum Gasteiger partial charge on any atom is -0.478 e. The second kappa shape index (κ2) is 9.00. The first-order chi connectivity index (χ1) is 16.2. The number of hydrogen-bond acceptors (Lipinski definition) is 7. The number of nitro benzene ring substituents is 1. The standard InChI is InChI=1S/C22H12BrN3O7S/c23-17-9-13(26(31)32)5-7-15(17)18-8-6-14(33-18)10-16-19(27)24-22(34)25(20(16)28)12-3-1-11(2-4-12)21(29)30/h1-10H,(H,29,30)(H,24,27,34)/b16-10-. The Labute approximate surface area is 204 Å². The van der Waals surface area contributed by atoms with Crippen LogP contribution in [0.1, 0.15) is 16.1 Å². The Kier molecular flexibility index (Phi) is 6.09. The second-order valence-corrected chi connectivity index (χ2v) is 8.17. The molecule has 0 atom stereocenters. The zero-order valence-electron chi connectivity index (χ0n) is 16.9. The summed E-state index contributed by atoms with van der Waals surface area (Å²) in [6.45, 7) is 0. The van der Waals surface area contributed by atoms with Crippen LogP contribution in [0.5, 0.6) is 0 Å². The maximum absolute atomic E-state index is 13.1. The summed E-state index contributed by atoms with van der Waals surface area (Å²) in [4.78, 5) is 48.1. The second-order valence-electron chi connectivity index (χ2n) is 6.93. The van der Waals surface area contributed by atoms with Crippen molar-refractivity contribution < 1.29 is 28.8 Å². The molecule has 2 N–H and O–H groups in total. The highest BCUT2D eigenvalue weighted by molar-refractivity contribution is 9.10. The van der Waals surface area contributed by atoms with E-state index in [0.717, 1.165) is 4.90 Å². The number of benzene rings is 2. The van der Waals surface area contributed by atoms with Crippen LogP contribution in [0.25, 0.3) is 17.4 Å². The molecule has 34 heavy (non-hydrogen) atoms. The van der Waals surface area contributed by atoms with Crippen molar-refractivity contribution in [1.29, 1.82) is 0 Å². The highest BCUT2D eigenvalue weighted by atomic mass is 79.9. The van der Waals surface area contributed by atoms with Crippen molar-refractivity contribution >= 4 is 68.5 Å². The molecule has 2 amide bonds. The molecule has 0 radical (unpaired) electrons. The molecular weight excluding hydrogens is 530 g/mol. The van der Waals surface area contributed by atoms with Gasteiger partial charge in [-0.1, -0.05) is 0 Å². The molecule has 0 saturated carbocycles. The molecule has 2 heterocycles. The van der Waals surface area contributed by atoms with Gasteiger partial charge in [0.15, 0.2) is 5.11 Å². The predicted octanol–water partition coefficient (Wildman–Crippen LogP) is 4.15. The van der Waals surface area contributed by atoms with Gasteiger partial charge in [0, 0.05) is 22.2 Å². The number of furan rings is 1. The molecule has 1 aliphatic rings. The first-order valence-corrected chi connectivity index (χ1v) is 10.6. The number of rotatable bonds is 5. The van der Waals surface area contributed by atoms with Crippen molar-refractivity contribution in [3.63, 3.8) is 0 Å². The summed E-state index contributed by atoms with van der Waals surface area (Å²) in [5.74, 6) is -2.02. The lowest BCUT2D eigenvalue weighted by Gasteiger charge is -2.28.